The monoisotopic (exact) mass is 298 g/mol. The number of allylic oxidation sites excluding steroid dienone is 2. The number of carbonyl (C=O) groups excluding carboxylic acids is 2. The number of fused-ring (bicyclic) bond motifs is 1. The summed E-state index contributed by atoms with van der Waals surface area (Å²) in [6.45, 7) is 6.56. The second-order valence-electron chi connectivity index (χ2n) is 6.36. The molecule has 0 bridgehead atoms. The maximum absolute atomic E-state index is 12.3. The van der Waals surface area contributed by atoms with Crippen molar-refractivity contribution in [2.45, 2.75) is 59.3 Å². The fourth-order valence-electron chi connectivity index (χ4n) is 3.15. The van der Waals surface area contributed by atoms with Crippen molar-refractivity contribution in [2.24, 2.45) is 5.92 Å². The average Bonchev–Trinajstić information content (AvgIpc) is 2.54. The Balaban J connectivity index is 0.000000309. The summed E-state index contributed by atoms with van der Waals surface area (Å²) in [5, 5.41) is 0. The van der Waals surface area contributed by atoms with E-state index >= 15 is 0 Å². The molecule has 2 heteroatoms. The largest absolute Gasteiger partial charge is 0.289 e. The van der Waals surface area contributed by atoms with Gasteiger partial charge in [0, 0.05) is 22.3 Å². The number of hydrogen-bond acceptors (Lipinski definition) is 2. The van der Waals surface area contributed by atoms with E-state index in [4.69, 9.17) is 0 Å². The minimum atomic E-state index is 0.0711. The highest BCUT2D eigenvalue weighted by molar-refractivity contribution is 6.27. The van der Waals surface area contributed by atoms with E-state index in [0.717, 1.165) is 30.4 Å². The lowest BCUT2D eigenvalue weighted by atomic mass is 9.74. The zero-order valence-corrected chi connectivity index (χ0v) is 13.9. The molecule has 0 saturated carbocycles. The van der Waals surface area contributed by atoms with E-state index in [1.165, 1.54) is 19.3 Å². The van der Waals surface area contributed by atoms with Gasteiger partial charge in [-0.1, -0.05) is 64.3 Å². The summed E-state index contributed by atoms with van der Waals surface area (Å²) in [6.07, 6.45) is 6.61. The fourth-order valence-corrected chi connectivity index (χ4v) is 3.15. The molecule has 2 aliphatic carbocycles. The van der Waals surface area contributed by atoms with Gasteiger partial charge in [0.25, 0.3) is 0 Å². The molecule has 118 valence electrons. The molecule has 0 N–H and O–H groups in total. The Hall–Kier alpha value is -1.70. The first-order valence-corrected chi connectivity index (χ1v) is 8.50. The van der Waals surface area contributed by atoms with E-state index in [2.05, 4.69) is 20.8 Å². The summed E-state index contributed by atoms with van der Waals surface area (Å²) in [7, 11) is 0. The van der Waals surface area contributed by atoms with Gasteiger partial charge in [-0.2, -0.15) is 0 Å². The Labute approximate surface area is 133 Å². The molecule has 0 radical (unpaired) electrons. The third-order valence-electron chi connectivity index (χ3n) is 4.48. The van der Waals surface area contributed by atoms with Crippen LogP contribution < -0.4 is 0 Å². The number of benzene rings is 1. The maximum Gasteiger partial charge on any atom is 0.190 e. The summed E-state index contributed by atoms with van der Waals surface area (Å²) in [5.41, 5.74) is 2.72. The van der Waals surface area contributed by atoms with Crippen molar-refractivity contribution in [3.05, 3.63) is 46.5 Å². The van der Waals surface area contributed by atoms with Crippen LogP contribution in [-0.4, -0.2) is 11.6 Å². The van der Waals surface area contributed by atoms with Gasteiger partial charge in [-0.05, 0) is 25.2 Å². The van der Waals surface area contributed by atoms with Crippen molar-refractivity contribution in [1.29, 1.82) is 0 Å². The van der Waals surface area contributed by atoms with Crippen molar-refractivity contribution in [3.63, 3.8) is 0 Å². The average molecular weight is 298 g/mol. The first-order valence-electron chi connectivity index (χ1n) is 8.50. The molecule has 0 heterocycles. The van der Waals surface area contributed by atoms with Crippen LogP contribution in [0.1, 0.15) is 80.0 Å². The Morgan fingerprint density at radius 2 is 1.50 bits per heavy atom. The summed E-state index contributed by atoms with van der Waals surface area (Å²) >= 11 is 0. The lowest BCUT2D eigenvalue weighted by Gasteiger charge is -2.27. The summed E-state index contributed by atoms with van der Waals surface area (Å²) in [5.74, 6) is 0.652. The van der Waals surface area contributed by atoms with Crippen LogP contribution in [0.25, 0.3) is 0 Å². The van der Waals surface area contributed by atoms with Crippen LogP contribution in [0.5, 0.6) is 0 Å². The zero-order chi connectivity index (χ0) is 16.1. The molecule has 1 unspecified atom stereocenters. The topological polar surface area (TPSA) is 34.1 Å². The molecule has 0 aromatic heterocycles. The SMILES string of the molecule is CC1CCC2=C(C1)C(=O)c1ccccc1C2=O.CCCCC. The summed E-state index contributed by atoms with van der Waals surface area (Å²) in [6, 6.07) is 7.17. The van der Waals surface area contributed by atoms with Crippen molar-refractivity contribution in [3.8, 4) is 0 Å². The maximum atomic E-state index is 12.3. The van der Waals surface area contributed by atoms with Crippen molar-refractivity contribution in [1.82, 2.24) is 0 Å². The van der Waals surface area contributed by atoms with Crippen molar-refractivity contribution in [2.75, 3.05) is 0 Å². The highest BCUT2D eigenvalue weighted by Gasteiger charge is 2.34. The van der Waals surface area contributed by atoms with Crippen LogP contribution in [0.4, 0.5) is 0 Å². The molecule has 2 nitrogen and oxygen atoms in total. The minimum Gasteiger partial charge on any atom is -0.289 e. The molecule has 0 saturated heterocycles. The van der Waals surface area contributed by atoms with E-state index in [0.29, 0.717) is 17.0 Å². The normalized spacial score (nSPS) is 20.0. The first-order chi connectivity index (χ1) is 10.6. The van der Waals surface area contributed by atoms with E-state index < -0.39 is 0 Å². The highest BCUT2D eigenvalue weighted by Crippen LogP contribution is 2.37. The van der Waals surface area contributed by atoms with E-state index in [1.807, 2.05) is 12.1 Å². The van der Waals surface area contributed by atoms with Crippen molar-refractivity contribution >= 4 is 11.6 Å². The van der Waals surface area contributed by atoms with Gasteiger partial charge in [-0.3, -0.25) is 9.59 Å². The van der Waals surface area contributed by atoms with E-state index in [-0.39, 0.29) is 11.6 Å². The Morgan fingerprint density at radius 3 is 2.00 bits per heavy atom. The van der Waals surface area contributed by atoms with Gasteiger partial charge in [0.15, 0.2) is 11.6 Å². The first kappa shape index (κ1) is 16.7. The van der Waals surface area contributed by atoms with Crippen LogP contribution in [0.3, 0.4) is 0 Å². The Kier molecular flexibility index (Phi) is 5.70. The van der Waals surface area contributed by atoms with Gasteiger partial charge >= 0.3 is 0 Å². The van der Waals surface area contributed by atoms with Gasteiger partial charge in [0.1, 0.15) is 0 Å². The molecule has 2 aliphatic rings. The zero-order valence-electron chi connectivity index (χ0n) is 13.9. The van der Waals surface area contributed by atoms with Crippen LogP contribution in [-0.2, 0) is 0 Å². The van der Waals surface area contributed by atoms with Crippen LogP contribution in [0.2, 0.25) is 0 Å². The summed E-state index contributed by atoms with van der Waals surface area (Å²) in [4.78, 5) is 24.6. The molecule has 0 spiro atoms. The molecule has 0 fully saturated rings. The van der Waals surface area contributed by atoms with Crippen LogP contribution in [0, 0.1) is 5.92 Å². The van der Waals surface area contributed by atoms with Crippen LogP contribution in [0.15, 0.2) is 35.4 Å². The number of unbranched alkanes of at least 4 members (excludes halogenated alkanes) is 2. The minimum absolute atomic E-state index is 0.0711. The quantitative estimate of drug-likeness (QED) is 0.734. The lowest BCUT2D eigenvalue weighted by molar-refractivity contribution is 0.0960. The predicted molar refractivity (Wildman–Crippen MR) is 90.3 cm³/mol. The molecule has 1 aromatic carbocycles. The number of rotatable bonds is 2. The Bertz CT molecular complexity index is 593. The smallest absolute Gasteiger partial charge is 0.190 e. The lowest BCUT2D eigenvalue weighted by Crippen LogP contribution is -2.26. The number of ketones is 2. The third kappa shape index (κ3) is 3.37. The second kappa shape index (κ2) is 7.53. The number of Topliss-reactive ketones (excluding diaryl/α,β-unsaturated/α-hetero) is 2. The van der Waals surface area contributed by atoms with Gasteiger partial charge < -0.3 is 0 Å². The van der Waals surface area contributed by atoms with Gasteiger partial charge in [0.05, 0.1) is 0 Å². The van der Waals surface area contributed by atoms with Crippen LogP contribution >= 0.6 is 0 Å². The third-order valence-corrected chi connectivity index (χ3v) is 4.48. The molecule has 0 amide bonds. The summed E-state index contributed by atoms with van der Waals surface area (Å²) < 4.78 is 0. The van der Waals surface area contributed by atoms with Gasteiger partial charge in [-0.15, -0.1) is 0 Å². The molecule has 1 atom stereocenters. The standard InChI is InChI=1S/C15H14O2.C5H12/c1-9-6-7-12-13(8-9)15(17)11-5-3-2-4-10(11)14(12)16;1-3-5-4-2/h2-5,9H,6-8H2,1H3;3-5H2,1-2H3. The highest BCUT2D eigenvalue weighted by atomic mass is 16.1. The van der Waals surface area contributed by atoms with Gasteiger partial charge in [-0.25, -0.2) is 0 Å². The molecule has 22 heavy (non-hydrogen) atoms. The number of carbonyl (C=O) groups is 2. The Morgan fingerprint density at radius 1 is 0.955 bits per heavy atom. The van der Waals surface area contributed by atoms with Gasteiger partial charge in [0.2, 0.25) is 0 Å². The molecular weight excluding hydrogens is 272 g/mol. The molecule has 3 rings (SSSR count). The predicted octanol–water partition coefficient (Wildman–Crippen LogP) is 5.38. The van der Waals surface area contributed by atoms with E-state index in [9.17, 15) is 9.59 Å². The molecular formula is C20H26O2. The second-order valence-corrected chi connectivity index (χ2v) is 6.36. The van der Waals surface area contributed by atoms with E-state index in [1.54, 1.807) is 12.1 Å². The van der Waals surface area contributed by atoms with Crippen molar-refractivity contribution < 1.29 is 9.59 Å². The molecule has 1 aromatic rings. The molecule has 0 aliphatic heterocycles. The fraction of sp³-hybridized carbons (Fsp3) is 0.500. The number of hydrogen-bond donors (Lipinski definition) is 0.